The number of aromatic nitrogens is 2. The van der Waals surface area contributed by atoms with Crippen LogP contribution in [0.15, 0.2) is 77.1 Å². The maximum Gasteiger partial charge on any atom is 0.160 e. The molecule has 0 aliphatic heterocycles. The van der Waals surface area contributed by atoms with Crippen LogP contribution >= 0.6 is 0 Å². The van der Waals surface area contributed by atoms with Crippen LogP contribution in [-0.4, -0.2) is 9.97 Å². The van der Waals surface area contributed by atoms with Gasteiger partial charge >= 0.3 is 0 Å². The third-order valence-electron chi connectivity index (χ3n) is 4.50. The number of hydrogen-bond donors (Lipinski definition) is 0. The predicted molar refractivity (Wildman–Crippen MR) is 110 cm³/mol. The number of fused-ring (bicyclic) bond motifs is 3. The van der Waals surface area contributed by atoms with Gasteiger partial charge in [0.25, 0.3) is 0 Å². The molecule has 0 atom stereocenters. The molecule has 0 saturated heterocycles. The van der Waals surface area contributed by atoms with Crippen LogP contribution in [-0.2, 0) is 0 Å². The number of rotatable bonds is 2. The molecule has 3 heteroatoms. The monoisotopic (exact) mass is 354 g/mol. The minimum atomic E-state index is -0.201. The number of furan rings is 1. The van der Waals surface area contributed by atoms with Crippen molar-refractivity contribution in [2.45, 2.75) is 13.8 Å². The van der Waals surface area contributed by atoms with Gasteiger partial charge in [-0.1, -0.05) is 41.9 Å². The Bertz CT molecular complexity index is 1480. The predicted octanol–water partition coefficient (Wildman–Crippen LogP) is 6.33. The molecule has 2 heterocycles. The van der Waals surface area contributed by atoms with E-state index >= 15 is 0 Å². The Kier molecular flexibility index (Phi) is 2.70. The molecule has 0 aliphatic rings. The van der Waals surface area contributed by atoms with Gasteiger partial charge in [-0.3, -0.25) is 0 Å². The van der Waals surface area contributed by atoms with Crippen molar-refractivity contribution in [2.75, 3.05) is 0 Å². The van der Waals surface area contributed by atoms with E-state index in [0.29, 0.717) is 22.8 Å². The molecule has 5 rings (SSSR count). The van der Waals surface area contributed by atoms with E-state index in [-0.39, 0.29) is 29.7 Å². The summed E-state index contributed by atoms with van der Waals surface area (Å²) in [6.45, 7) is 3.46. The first-order valence-corrected chi connectivity index (χ1v) is 8.70. The van der Waals surface area contributed by atoms with Crippen molar-refractivity contribution < 1.29 is 9.90 Å². The summed E-state index contributed by atoms with van der Waals surface area (Å²) in [5.74, 6) is 0.472. The molecule has 0 saturated carbocycles. The van der Waals surface area contributed by atoms with E-state index in [1.54, 1.807) is 13.0 Å². The van der Waals surface area contributed by atoms with E-state index in [0.717, 1.165) is 27.5 Å². The Labute approximate surface area is 162 Å². The SMILES string of the molecule is [2H]c1c([2H])c(C)c([2H])c(-c2cc(C)nc(-c3ccc4oc5ccccc5c4c3)n2)c1[2H]. The fraction of sp³-hybridized carbons (Fsp3) is 0.0833. The topological polar surface area (TPSA) is 38.9 Å². The van der Waals surface area contributed by atoms with Crippen LogP contribution in [0.25, 0.3) is 44.6 Å². The summed E-state index contributed by atoms with van der Waals surface area (Å²) in [5, 5.41) is 1.97. The second-order valence-electron chi connectivity index (χ2n) is 6.53. The van der Waals surface area contributed by atoms with Gasteiger partial charge in [-0.2, -0.15) is 0 Å². The molecule has 3 aromatic carbocycles. The standard InChI is InChI=1S/C24H18N2O/c1-15-6-5-7-17(12-15)21-13-16(2)25-24(26-21)18-10-11-23-20(14-18)19-8-3-4-9-22(19)27-23/h3-14H,1-2H3/i5D,6D,7D,12D. The fourth-order valence-corrected chi connectivity index (χ4v) is 3.26. The molecule has 0 radical (unpaired) electrons. The van der Waals surface area contributed by atoms with Gasteiger partial charge in [-0.25, -0.2) is 9.97 Å². The first-order chi connectivity index (χ1) is 14.8. The van der Waals surface area contributed by atoms with Crippen molar-refractivity contribution in [3.63, 3.8) is 0 Å². The minimum absolute atomic E-state index is 0.0475. The van der Waals surface area contributed by atoms with Crippen LogP contribution < -0.4 is 0 Å². The van der Waals surface area contributed by atoms with Crippen molar-refractivity contribution in [3.05, 3.63) is 84.0 Å². The molecular formula is C24H18N2O. The lowest BCUT2D eigenvalue weighted by Gasteiger charge is -2.07. The molecule has 5 aromatic rings. The summed E-state index contributed by atoms with van der Waals surface area (Å²) in [5.41, 5.74) is 4.09. The Hall–Kier alpha value is -3.46. The molecule has 0 fully saturated rings. The van der Waals surface area contributed by atoms with Gasteiger partial charge in [-0.05, 0) is 50.2 Å². The van der Waals surface area contributed by atoms with Gasteiger partial charge < -0.3 is 4.42 Å². The molecule has 130 valence electrons. The van der Waals surface area contributed by atoms with Gasteiger partial charge in [0.05, 0.1) is 11.2 Å². The van der Waals surface area contributed by atoms with Crippen LogP contribution in [0, 0.1) is 13.8 Å². The highest BCUT2D eigenvalue weighted by atomic mass is 16.3. The molecule has 3 nitrogen and oxygen atoms in total. The van der Waals surface area contributed by atoms with E-state index in [9.17, 15) is 0 Å². The van der Waals surface area contributed by atoms with Crippen molar-refractivity contribution in [2.24, 2.45) is 0 Å². The van der Waals surface area contributed by atoms with Crippen molar-refractivity contribution in [3.8, 4) is 22.6 Å². The molecule has 0 aliphatic carbocycles. The Balaban J connectivity index is 1.73. The minimum Gasteiger partial charge on any atom is -0.456 e. The number of hydrogen-bond acceptors (Lipinski definition) is 3. The zero-order chi connectivity index (χ0) is 21.9. The average Bonchev–Trinajstić information content (AvgIpc) is 3.14. The Morgan fingerprint density at radius 3 is 2.63 bits per heavy atom. The molecule has 2 aromatic heterocycles. The van der Waals surface area contributed by atoms with E-state index in [1.165, 1.54) is 0 Å². The normalized spacial score (nSPS) is 13.4. The second kappa shape index (κ2) is 6.06. The maximum absolute atomic E-state index is 8.44. The molecule has 0 N–H and O–H groups in total. The van der Waals surface area contributed by atoms with Crippen LogP contribution in [0.4, 0.5) is 0 Å². The third-order valence-corrected chi connectivity index (χ3v) is 4.50. The quantitative estimate of drug-likeness (QED) is 0.372. The van der Waals surface area contributed by atoms with Crippen LogP contribution in [0.1, 0.15) is 16.7 Å². The van der Waals surface area contributed by atoms with Gasteiger partial charge in [0.1, 0.15) is 11.2 Å². The largest absolute Gasteiger partial charge is 0.456 e. The lowest BCUT2D eigenvalue weighted by Crippen LogP contribution is -1.95. The zero-order valence-electron chi connectivity index (χ0n) is 18.9. The summed E-state index contributed by atoms with van der Waals surface area (Å²) in [6.07, 6.45) is 0. The van der Waals surface area contributed by atoms with E-state index in [2.05, 4.69) is 9.97 Å². The van der Waals surface area contributed by atoms with Crippen molar-refractivity contribution in [1.29, 1.82) is 0 Å². The number of benzene rings is 3. The summed E-state index contributed by atoms with van der Waals surface area (Å²) in [4.78, 5) is 9.23. The van der Waals surface area contributed by atoms with E-state index in [1.807, 2.05) is 49.4 Å². The number of aryl methyl sites for hydroxylation is 1. The lowest BCUT2D eigenvalue weighted by molar-refractivity contribution is 0.669. The Morgan fingerprint density at radius 1 is 0.852 bits per heavy atom. The first kappa shape index (κ1) is 12.0. The molecule has 27 heavy (non-hydrogen) atoms. The van der Waals surface area contributed by atoms with E-state index < -0.39 is 0 Å². The molecule has 0 amide bonds. The highest BCUT2D eigenvalue weighted by Gasteiger charge is 2.11. The fourth-order valence-electron chi connectivity index (χ4n) is 3.26. The van der Waals surface area contributed by atoms with E-state index in [4.69, 9.17) is 9.90 Å². The van der Waals surface area contributed by atoms with Gasteiger partial charge in [0, 0.05) is 27.6 Å². The lowest BCUT2D eigenvalue weighted by atomic mass is 10.1. The van der Waals surface area contributed by atoms with Gasteiger partial charge in [-0.15, -0.1) is 0 Å². The summed E-state index contributed by atoms with van der Waals surface area (Å²) < 4.78 is 38.7. The highest BCUT2D eigenvalue weighted by molar-refractivity contribution is 6.06. The Morgan fingerprint density at radius 2 is 1.70 bits per heavy atom. The van der Waals surface area contributed by atoms with Gasteiger partial charge in [0.15, 0.2) is 5.82 Å². The van der Waals surface area contributed by atoms with Crippen molar-refractivity contribution >= 4 is 21.9 Å². The summed E-state index contributed by atoms with van der Waals surface area (Å²) in [6, 6.07) is 14.9. The molecule has 0 spiro atoms. The smallest absolute Gasteiger partial charge is 0.160 e. The summed E-state index contributed by atoms with van der Waals surface area (Å²) in [7, 11) is 0. The maximum atomic E-state index is 8.44. The van der Waals surface area contributed by atoms with Crippen LogP contribution in [0.2, 0.25) is 0 Å². The molecule has 0 bridgehead atoms. The number of nitrogens with zero attached hydrogens (tertiary/aromatic N) is 2. The van der Waals surface area contributed by atoms with Gasteiger partial charge in [0.2, 0.25) is 0 Å². The first-order valence-electron chi connectivity index (χ1n) is 10.7. The van der Waals surface area contributed by atoms with Crippen LogP contribution in [0.3, 0.4) is 0 Å². The number of para-hydroxylation sites is 1. The van der Waals surface area contributed by atoms with Crippen molar-refractivity contribution in [1.82, 2.24) is 9.97 Å². The second-order valence-corrected chi connectivity index (χ2v) is 6.53. The van der Waals surface area contributed by atoms with Crippen LogP contribution in [0.5, 0.6) is 0 Å². The molecule has 0 unspecified atom stereocenters. The molecular weight excluding hydrogens is 332 g/mol. The highest BCUT2D eigenvalue weighted by Crippen LogP contribution is 2.32. The third kappa shape index (κ3) is 2.77. The zero-order valence-corrected chi connectivity index (χ0v) is 14.9. The average molecular weight is 354 g/mol. The summed E-state index contributed by atoms with van der Waals surface area (Å²) >= 11 is 0.